The summed E-state index contributed by atoms with van der Waals surface area (Å²) in [6, 6.07) is 14.2. The minimum absolute atomic E-state index is 0.137. The zero-order valence-corrected chi connectivity index (χ0v) is 24.7. The highest BCUT2D eigenvalue weighted by molar-refractivity contribution is 5.94. The van der Waals surface area contributed by atoms with Crippen molar-refractivity contribution in [2.24, 2.45) is 0 Å². The first-order valence-electron chi connectivity index (χ1n) is 13.9. The number of fused-ring (bicyclic) bond motifs is 1. The topological polar surface area (TPSA) is 99.9 Å². The zero-order chi connectivity index (χ0) is 30.9. The summed E-state index contributed by atoms with van der Waals surface area (Å²) < 4.78 is 31.6. The lowest BCUT2D eigenvalue weighted by Gasteiger charge is -2.34. The highest BCUT2D eigenvalue weighted by atomic mass is 19.1. The van der Waals surface area contributed by atoms with E-state index in [-0.39, 0.29) is 40.9 Å². The van der Waals surface area contributed by atoms with E-state index >= 15 is 0 Å². The summed E-state index contributed by atoms with van der Waals surface area (Å²) in [6.07, 6.45) is 6.01. The molecule has 8 nitrogen and oxygen atoms in total. The van der Waals surface area contributed by atoms with E-state index in [1.807, 2.05) is 19.1 Å². The maximum Gasteiger partial charge on any atom is 0.350 e. The van der Waals surface area contributed by atoms with Crippen molar-refractivity contribution in [2.45, 2.75) is 52.2 Å². The Balaban J connectivity index is 1.49. The van der Waals surface area contributed by atoms with Crippen LogP contribution >= 0.6 is 0 Å². The number of benzene rings is 3. The van der Waals surface area contributed by atoms with E-state index in [0.29, 0.717) is 17.9 Å². The van der Waals surface area contributed by atoms with Gasteiger partial charge in [-0.2, -0.15) is 0 Å². The van der Waals surface area contributed by atoms with Gasteiger partial charge in [0.2, 0.25) is 0 Å². The Hall–Kier alpha value is -4.92. The lowest BCUT2D eigenvalue weighted by atomic mass is 9.81. The van der Waals surface area contributed by atoms with E-state index in [1.165, 1.54) is 30.3 Å². The molecule has 0 fully saturated rings. The van der Waals surface area contributed by atoms with Crippen LogP contribution in [0.5, 0.6) is 5.75 Å². The number of esters is 1. The van der Waals surface area contributed by atoms with Crippen molar-refractivity contribution in [3.8, 4) is 5.75 Å². The summed E-state index contributed by atoms with van der Waals surface area (Å²) in [5, 5.41) is 15.0. The summed E-state index contributed by atoms with van der Waals surface area (Å²) in [7, 11) is 1.55. The summed E-state index contributed by atoms with van der Waals surface area (Å²) >= 11 is 0. The normalized spacial score (nSPS) is 17.0. The number of rotatable bonds is 8. The number of carbonyl (C=O) groups excluding carboxylic acids is 1. The smallest absolute Gasteiger partial charge is 0.350 e. The van der Waals surface area contributed by atoms with Crippen molar-refractivity contribution in [1.82, 2.24) is 0 Å². The number of halogens is 1. The van der Waals surface area contributed by atoms with E-state index in [2.05, 4.69) is 32.2 Å². The zero-order valence-electron chi connectivity index (χ0n) is 24.7. The molecule has 3 aromatic carbocycles. The third-order valence-electron chi connectivity index (χ3n) is 7.62. The molecular weight excluding hydrogens is 551 g/mol. The van der Waals surface area contributed by atoms with Crippen LogP contribution in [-0.2, 0) is 16.1 Å². The number of hydrogen-bond acceptors (Lipinski definition) is 7. The largest absolute Gasteiger partial charge is 0.500 e. The van der Waals surface area contributed by atoms with Crippen LogP contribution in [0.1, 0.15) is 65.7 Å². The van der Waals surface area contributed by atoms with Gasteiger partial charge in [-0.25, -0.2) is 9.18 Å². The van der Waals surface area contributed by atoms with E-state index in [9.17, 15) is 19.3 Å². The average Bonchev–Trinajstić information content (AvgIpc) is 2.96. The standard InChI is InChI=1S/C34H33FN2O6/c1-20-10-11-22(35)16-30(20)42-19-27-24(14-15-28-32(27)21(2)18-34(3,4)36-28)25-13-12-23(17-31(25)41-5)43-33(38)26-8-6-7-9-29(26)37(39)40/h6-12,14-18,25,36H,13,19H2,1-5H3. The fourth-order valence-corrected chi connectivity index (χ4v) is 5.75. The minimum Gasteiger partial charge on any atom is -0.500 e. The number of anilines is 1. The first-order chi connectivity index (χ1) is 20.5. The molecule has 0 radical (unpaired) electrons. The molecular formula is C34H33FN2O6. The molecule has 1 aliphatic heterocycles. The molecule has 9 heteroatoms. The van der Waals surface area contributed by atoms with Gasteiger partial charge in [0.15, 0.2) is 0 Å². The number of nitro groups is 1. The van der Waals surface area contributed by atoms with Crippen LogP contribution < -0.4 is 10.1 Å². The van der Waals surface area contributed by atoms with Crippen LogP contribution in [0.4, 0.5) is 15.8 Å². The van der Waals surface area contributed by atoms with Gasteiger partial charge in [0.1, 0.15) is 35.3 Å². The summed E-state index contributed by atoms with van der Waals surface area (Å²) in [6.45, 7) is 8.33. The molecule has 1 heterocycles. The first-order valence-corrected chi connectivity index (χ1v) is 13.9. The van der Waals surface area contributed by atoms with Crippen molar-refractivity contribution >= 4 is 22.9 Å². The van der Waals surface area contributed by atoms with Gasteiger partial charge < -0.3 is 19.5 Å². The molecule has 1 N–H and O–H groups in total. The maximum atomic E-state index is 14.1. The van der Waals surface area contributed by atoms with Crippen molar-refractivity contribution < 1.29 is 28.3 Å². The Kier molecular flexibility index (Phi) is 8.08. The first kappa shape index (κ1) is 29.6. The molecule has 5 rings (SSSR count). The van der Waals surface area contributed by atoms with Crippen molar-refractivity contribution in [2.75, 3.05) is 12.4 Å². The minimum atomic E-state index is -0.827. The second kappa shape index (κ2) is 11.8. The number of carbonyl (C=O) groups is 1. The van der Waals surface area contributed by atoms with E-state index in [1.54, 1.807) is 31.4 Å². The molecule has 0 saturated carbocycles. The third kappa shape index (κ3) is 6.16. The maximum absolute atomic E-state index is 14.1. The quantitative estimate of drug-likeness (QED) is 0.163. The molecule has 0 amide bonds. The fourth-order valence-electron chi connectivity index (χ4n) is 5.75. The highest BCUT2D eigenvalue weighted by Crippen LogP contribution is 2.43. The highest BCUT2D eigenvalue weighted by Gasteiger charge is 2.31. The molecule has 1 atom stereocenters. The summed E-state index contributed by atoms with van der Waals surface area (Å²) in [4.78, 5) is 23.7. The fraction of sp³-hybridized carbons (Fsp3) is 0.265. The van der Waals surface area contributed by atoms with Gasteiger partial charge in [-0.15, -0.1) is 0 Å². The SMILES string of the molecule is COC1=CC(OC(=O)c2ccccc2[N+](=O)[O-])=CCC1c1ccc2c(c1COc1cc(F)ccc1C)C(C)=CC(C)(C)N2. The molecule has 3 aromatic rings. The Morgan fingerprint density at radius 2 is 1.91 bits per heavy atom. The Morgan fingerprint density at radius 3 is 2.65 bits per heavy atom. The van der Waals surface area contributed by atoms with E-state index in [4.69, 9.17) is 14.2 Å². The molecule has 1 aliphatic carbocycles. The molecule has 0 aromatic heterocycles. The van der Waals surface area contributed by atoms with Gasteiger partial charge in [0, 0.05) is 40.9 Å². The van der Waals surface area contributed by atoms with Crippen LogP contribution in [0.15, 0.2) is 84.3 Å². The van der Waals surface area contributed by atoms with E-state index in [0.717, 1.165) is 33.5 Å². The Bertz CT molecular complexity index is 1700. The van der Waals surface area contributed by atoms with Gasteiger partial charge in [-0.05, 0) is 75.1 Å². The number of allylic oxidation sites excluding steroid dienone is 4. The van der Waals surface area contributed by atoms with Crippen molar-refractivity contribution in [3.63, 3.8) is 0 Å². The second-order valence-electron chi connectivity index (χ2n) is 11.2. The van der Waals surface area contributed by atoms with Crippen molar-refractivity contribution in [1.29, 1.82) is 0 Å². The van der Waals surface area contributed by atoms with Gasteiger partial charge >= 0.3 is 5.97 Å². The number of hydrogen-bond donors (Lipinski definition) is 1. The second-order valence-corrected chi connectivity index (χ2v) is 11.2. The lowest BCUT2D eigenvalue weighted by molar-refractivity contribution is -0.385. The van der Waals surface area contributed by atoms with Gasteiger partial charge in [0.05, 0.1) is 17.6 Å². The number of ether oxygens (including phenoxy) is 3. The molecule has 2 aliphatic rings. The predicted octanol–water partition coefficient (Wildman–Crippen LogP) is 7.99. The Morgan fingerprint density at radius 1 is 1.14 bits per heavy atom. The van der Waals surface area contributed by atoms with Crippen molar-refractivity contribution in [3.05, 3.63) is 128 Å². The molecule has 0 saturated heterocycles. The Labute approximate surface area is 249 Å². The van der Waals surface area contributed by atoms with Gasteiger partial charge in [-0.3, -0.25) is 10.1 Å². The van der Waals surface area contributed by atoms with Gasteiger partial charge in [0.25, 0.3) is 5.69 Å². The molecule has 0 bridgehead atoms. The number of para-hydroxylation sites is 1. The molecule has 222 valence electrons. The van der Waals surface area contributed by atoms with Crippen LogP contribution in [0.3, 0.4) is 0 Å². The summed E-state index contributed by atoms with van der Waals surface area (Å²) in [5.41, 5.74) is 5.07. The average molecular weight is 585 g/mol. The van der Waals surface area contributed by atoms with Crippen LogP contribution in [0.25, 0.3) is 5.57 Å². The lowest BCUT2D eigenvalue weighted by Crippen LogP contribution is -2.32. The monoisotopic (exact) mass is 584 g/mol. The number of nitrogens with zero attached hydrogens (tertiary/aromatic N) is 1. The van der Waals surface area contributed by atoms with Gasteiger partial charge in [-0.1, -0.05) is 30.3 Å². The predicted molar refractivity (Wildman–Crippen MR) is 162 cm³/mol. The molecule has 0 spiro atoms. The van der Waals surface area contributed by atoms with Crippen LogP contribution in [0, 0.1) is 22.9 Å². The molecule has 1 unspecified atom stereocenters. The van der Waals surface area contributed by atoms with Crippen LogP contribution in [-0.4, -0.2) is 23.5 Å². The summed E-state index contributed by atoms with van der Waals surface area (Å²) in [5.74, 6) is -0.182. The third-order valence-corrected chi connectivity index (χ3v) is 7.62. The van der Waals surface area contributed by atoms with Crippen LogP contribution in [0.2, 0.25) is 0 Å². The number of methoxy groups -OCH3 is 1. The van der Waals surface area contributed by atoms with E-state index < -0.39 is 10.9 Å². The number of nitro benzene ring substituents is 1. The number of aryl methyl sites for hydroxylation is 1. The molecule has 43 heavy (non-hydrogen) atoms. The number of nitrogens with one attached hydrogen (secondary N) is 1.